The van der Waals surface area contributed by atoms with Gasteiger partial charge in [-0.3, -0.25) is 28.8 Å². The highest BCUT2D eigenvalue weighted by molar-refractivity contribution is 5.99. The van der Waals surface area contributed by atoms with Crippen LogP contribution >= 0.6 is 0 Å². The molecule has 0 fully saturated rings. The predicted octanol–water partition coefficient (Wildman–Crippen LogP) is 2.03. The summed E-state index contributed by atoms with van der Waals surface area (Å²) in [5, 5.41) is 33.2. The third-order valence-corrected chi connectivity index (χ3v) is 5.59. The Morgan fingerprint density at radius 1 is 1.06 bits per heavy atom. The first-order valence-corrected chi connectivity index (χ1v) is 9.54. The van der Waals surface area contributed by atoms with Crippen molar-refractivity contribution in [2.75, 3.05) is 0 Å². The van der Waals surface area contributed by atoms with Crippen molar-refractivity contribution >= 4 is 11.5 Å². The monoisotopic (exact) mass is 429 g/mol. The fourth-order valence-corrected chi connectivity index (χ4v) is 4.09. The number of nitrogens with zero attached hydrogens (tertiary/aromatic N) is 3. The largest absolute Gasteiger partial charge is 0.512 e. The Labute approximate surface area is 176 Å². The molecule has 0 spiro atoms. The number of hydrogen-bond acceptors (Lipinski definition) is 7. The lowest BCUT2D eigenvalue weighted by Gasteiger charge is -2.32. The van der Waals surface area contributed by atoms with Gasteiger partial charge < -0.3 is 10.2 Å². The van der Waals surface area contributed by atoms with E-state index in [4.69, 9.17) is 0 Å². The second kappa shape index (κ2) is 7.53. The number of carbonyl (C=O) groups excluding carboxylic acids is 1. The third-order valence-electron chi connectivity index (χ3n) is 5.59. The molecule has 3 rings (SSSR count). The Morgan fingerprint density at radius 3 is 2.26 bits per heavy atom. The summed E-state index contributed by atoms with van der Waals surface area (Å²) < 4.78 is 1.55. The van der Waals surface area contributed by atoms with E-state index in [0.717, 1.165) is 9.13 Å². The molecule has 1 aliphatic carbocycles. The van der Waals surface area contributed by atoms with Crippen molar-refractivity contribution in [2.45, 2.75) is 32.6 Å². The van der Waals surface area contributed by atoms with Crippen molar-refractivity contribution in [1.82, 2.24) is 9.13 Å². The first-order chi connectivity index (χ1) is 14.4. The summed E-state index contributed by atoms with van der Waals surface area (Å²) in [4.78, 5) is 49.4. The highest BCUT2D eigenvalue weighted by Gasteiger charge is 2.42. The SMILES string of the molecule is Cn1c(O)c(C(C2=C(O)CC(C)(C)CC2=O)c2ccccc2[N+](=O)[O-])c(=O)n(C)c1=O. The summed E-state index contributed by atoms with van der Waals surface area (Å²) in [6, 6.07) is 5.49. The molecule has 0 aliphatic heterocycles. The van der Waals surface area contributed by atoms with Crippen molar-refractivity contribution in [1.29, 1.82) is 0 Å². The lowest BCUT2D eigenvalue weighted by atomic mass is 9.71. The van der Waals surface area contributed by atoms with Gasteiger partial charge in [0.2, 0.25) is 5.88 Å². The Bertz CT molecular complexity index is 1250. The average molecular weight is 429 g/mol. The number of carbonyl (C=O) groups is 1. The van der Waals surface area contributed by atoms with E-state index in [1.165, 1.54) is 38.4 Å². The first-order valence-electron chi connectivity index (χ1n) is 9.54. The van der Waals surface area contributed by atoms with E-state index in [1.807, 2.05) is 0 Å². The Kier molecular flexibility index (Phi) is 5.35. The van der Waals surface area contributed by atoms with Gasteiger partial charge in [-0.2, -0.15) is 0 Å². The number of allylic oxidation sites excluding steroid dienone is 2. The van der Waals surface area contributed by atoms with Gasteiger partial charge in [0.05, 0.1) is 16.4 Å². The zero-order valence-corrected chi connectivity index (χ0v) is 17.6. The summed E-state index contributed by atoms with van der Waals surface area (Å²) in [5.41, 5.74) is -3.29. The average Bonchev–Trinajstić information content (AvgIpc) is 2.68. The van der Waals surface area contributed by atoms with Gasteiger partial charge >= 0.3 is 5.69 Å². The smallest absolute Gasteiger partial charge is 0.333 e. The molecule has 2 N–H and O–H groups in total. The molecule has 0 radical (unpaired) electrons. The van der Waals surface area contributed by atoms with Crippen LogP contribution in [0.25, 0.3) is 0 Å². The van der Waals surface area contributed by atoms with Crippen LogP contribution in [0.4, 0.5) is 5.69 Å². The number of aliphatic hydroxyl groups is 1. The molecule has 0 amide bonds. The summed E-state index contributed by atoms with van der Waals surface area (Å²) in [7, 11) is 2.43. The van der Waals surface area contributed by atoms with E-state index in [2.05, 4.69) is 0 Å². The summed E-state index contributed by atoms with van der Waals surface area (Å²) in [6.45, 7) is 3.58. The predicted molar refractivity (Wildman–Crippen MR) is 111 cm³/mol. The van der Waals surface area contributed by atoms with Gasteiger partial charge in [-0.1, -0.05) is 32.0 Å². The quantitative estimate of drug-likeness (QED) is 0.559. The molecular weight excluding hydrogens is 406 g/mol. The van der Waals surface area contributed by atoms with Crippen molar-refractivity contribution in [2.24, 2.45) is 19.5 Å². The number of nitro groups is 1. The second-order valence-electron chi connectivity index (χ2n) is 8.49. The van der Waals surface area contributed by atoms with Crippen molar-refractivity contribution in [3.8, 4) is 5.88 Å². The highest BCUT2D eigenvalue weighted by atomic mass is 16.6. The highest BCUT2D eigenvalue weighted by Crippen LogP contribution is 2.45. The number of para-hydroxylation sites is 1. The Hall–Kier alpha value is -3.69. The molecule has 1 aromatic heterocycles. The van der Waals surface area contributed by atoms with Crippen LogP contribution in [0.1, 0.15) is 43.7 Å². The molecule has 0 saturated carbocycles. The maximum Gasteiger partial charge on any atom is 0.333 e. The van der Waals surface area contributed by atoms with Crippen LogP contribution in [-0.4, -0.2) is 30.1 Å². The number of benzene rings is 1. The fraction of sp³-hybridized carbons (Fsp3) is 0.381. The molecule has 1 unspecified atom stereocenters. The second-order valence-corrected chi connectivity index (χ2v) is 8.49. The number of rotatable bonds is 4. The topological polar surface area (TPSA) is 145 Å². The minimum Gasteiger partial charge on any atom is -0.512 e. The Morgan fingerprint density at radius 2 is 1.68 bits per heavy atom. The van der Waals surface area contributed by atoms with E-state index in [-0.39, 0.29) is 35.4 Å². The van der Waals surface area contributed by atoms with Crippen LogP contribution < -0.4 is 11.2 Å². The van der Waals surface area contributed by atoms with E-state index in [9.17, 15) is 34.7 Å². The van der Waals surface area contributed by atoms with Crippen molar-refractivity contribution < 1.29 is 19.9 Å². The summed E-state index contributed by atoms with van der Waals surface area (Å²) >= 11 is 0. The maximum atomic E-state index is 13.1. The van der Waals surface area contributed by atoms with Gasteiger partial charge in [-0.05, 0) is 5.41 Å². The third kappa shape index (κ3) is 3.65. The van der Waals surface area contributed by atoms with Gasteiger partial charge in [0.15, 0.2) is 5.78 Å². The van der Waals surface area contributed by atoms with Gasteiger partial charge in [-0.25, -0.2) is 4.79 Å². The summed E-state index contributed by atoms with van der Waals surface area (Å²) in [6.07, 6.45) is 0.147. The molecule has 0 bridgehead atoms. The lowest BCUT2D eigenvalue weighted by Crippen LogP contribution is -2.40. The van der Waals surface area contributed by atoms with Gasteiger partial charge in [0.25, 0.3) is 11.2 Å². The zero-order chi connectivity index (χ0) is 23.2. The van der Waals surface area contributed by atoms with E-state index < -0.39 is 44.7 Å². The fourth-order valence-electron chi connectivity index (χ4n) is 4.09. The Balaban J connectivity index is 2.48. The molecular formula is C21H23N3O7. The number of nitro benzene ring substituents is 1. The molecule has 1 heterocycles. The number of Topliss-reactive ketones (excluding diaryl/α,β-unsaturated/α-hetero) is 1. The number of aromatic nitrogens is 2. The van der Waals surface area contributed by atoms with Crippen LogP contribution in [0.3, 0.4) is 0 Å². The maximum absolute atomic E-state index is 13.1. The molecule has 164 valence electrons. The van der Waals surface area contributed by atoms with Crippen LogP contribution in [-0.2, 0) is 18.9 Å². The molecule has 1 aromatic carbocycles. The number of ketones is 1. The molecule has 2 aromatic rings. The van der Waals surface area contributed by atoms with Gasteiger partial charge in [-0.15, -0.1) is 0 Å². The molecule has 31 heavy (non-hydrogen) atoms. The normalized spacial score (nSPS) is 17.0. The molecule has 10 nitrogen and oxygen atoms in total. The first kappa shape index (κ1) is 22.0. The summed E-state index contributed by atoms with van der Waals surface area (Å²) in [5.74, 6) is -2.96. The van der Waals surface area contributed by atoms with E-state index >= 15 is 0 Å². The van der Waals surface area contributed by atoms with Crippen molar-refractivity contribution in [3.63, 3.8) is 0 Å². The van der Waals surface area contributed by atoms with Crippen LogP contribution in [0.5, 0.6) is 5.88 Å². The lowest BCUT2D eigenvalue weighted by molar-refractivity contribution is -0.385. The van der Waals surface area contributed by atoms with Crippen LogP contribution in [0.2, 0.25) is 0 Å². The minimum atomic E-state index is -1.43. The number of aliphatic hydroxyl groups excluding tert-OH is 1. The van der Waals surface area contributed by atoms with Crippen molar-refractivity contribution in [3.05, 3.63) is 77.7 Å². The minimum absolute atomic E-state index is 0.0381. The molecule has 0 saturated heterocycles. The molecule has 10 heteroatoms. The van der Waals surface area contributed by atoms with Gasteiger partial charge in [0.1, 0.15) is 5.76 Å². The standard InChI is InChI=1S/C21H23N3O7/c1-21(2)9-13(25)16(14(26)10-21)15(11-7-5-6-8-12(11)24(30)31)17-18(27)22(3)20(29)23(4)19(17)28/h5-8,15,25,27H,9-10H2,1-4H3. The van der Waals surface area contributed by atoms with Gasteiger partial charge in [0, 0.05) is 44.1 Å². The van der Waals surface area contributed by atoms with E-state index in [1.54, 1.807) is 13.8 Å². The van der Waals surface area contributed by atoms with Crippen LogP contribution in [0, 0.1) is 15.5 Å². The van der Waals surface area contributed by atoms with Crippen LogP contribution in [0.15, 0.2) is 45.2 Å². The zero-order valence-electron chi connectivity index (χ0n) is 17.6. The molecule has 1 aliphatic rings. The number of aromatic hydroxyl groups is 1. The van der Waals surface area contributed by atoms with E-state index in [0.29, 0.717) is 0 Å². The number of hydrogen-bond donors (Lipinski definition) is 2. The molecule has 1 atom stereocenters.